The first-order chi connectivity index (χ1) is 12.2. The number of aromatic nitrogens is 2. The summed E-state index contributed by atoms with van der Waals surface area (Å²) < 4.78 is 0. The molecular weight excluding hydrogens is 330 g/mol. The van der Waals surface area contributed by atoms with Crippen LogP contribution in [0.3, 0.4) is 0 Å². The van der Waals surface area contributed by atoms with Gasteiger partial charge in [0.25, 0.3) is 0 Å². The number of benzene rings is 1. The van der Waals surface area contributed by atoms with Crippen LogP contribution < -0.4 is 0 Å². The van der Waals surface area contributed by atoms with Crippen LogP contribution in [0.5, 0.6) is 0 Å². The van der Waals surface area contributed by atoms with Crippen molar-refractivity contribution in [2.24, 2.45) is 0 Å². The zero-order valence-corrected chi connectivity index (χ0v) is 14.5. The highest BCUT2D eigenvalue weighted by Gasteiger charge is 2.15. The smallest absolute Gasteiger partial charge is 0.173 e. The van der Waals surface area contributed by atoms with Crippen molar-refractivity contribution in [2.75, 3.05) is 5.75 Å². The highest BCUT2D eigenvalue weighted by atomic mass is 32.2. The van der Waals surface area contributed by atoms with E-state index in [1.54, 1.807) is 24.5 Å². The number of aryl methyl sites for hydroxylation is 1. The summed E-state index contributed by atoms with van der Waals surface area (Å²) in [5.41, 5.74) is 3.59. The lowest BCUT2D eigenvalue weighted by molar-refractivity contribution is 0.102. The first kappa shape index (κ1) is 16.9. The van der Waals surface area contributed by atoms with Gasteiger partial charge in [-0.1, -0.05) is 48.2 Å². The summed E-state index contributed by atoms with van der Waals surface area (Å²) in [5.74, 6) is 0.252. The SMILES string of the molecule is Cc1cc(-c2cccnc2)c(C#N)c(SCC(=O)c2ccccc2)n1. The second kappa shape index (κ2) is 7.73. The van der Waals surface area contributed by atoms with Crippen LogP contribution in [0.25, 0.3) is 11.1 Å². The fourth-order valence-corrected chi connectivity index (χ4v) is 3.39. The van der Waals surface area contributed by atoms with Crippen molar-refractivity contribution in [3.63, 3.8) is 0 Å². The number of thioether (sulfide) groups is 1. The van der Waals surface area contributed by atoms with Gasteiger partial charge in [0.15, 0.2) is 5.78 Å². The maximum Gasteiger partial charge on any atom is 0.173 e. The number of hydrogen-bond donors (Lipinski definition) is 0. The number of carbonyl (C=O) groups is 1. The Morgan fingerprint density at radius 3 is 2.68 bits per heavy atom. The molecule has 0 saturated heterocycles. The van der Waals surface area contributed by atoms with Crippen LogP contribution in [-0.4, -0.2) is 21.5 Å². The molecule has 0 N–H and O–H groups in total. The van der Waals surface area contributed by atoms with E-state index in [9.17, 15) is 10.1 Å². The quantitative estimate of drug-likeness (QED) is 0.509. The third-order valence-electron chi connectivity index (χ3n) is 3.63. The minimum atomic E-state index is 0.0146. The predicted molar refractivity (Wildman–Crippen MR) is 98.4 cm³/mol. The average molecular weight is 345 g/mol. The first-order valence-corrected chi connectivity index (χ1v) is 8.71. The standard InChI is InChI=1S/C20H15N3OS/c1-14-10-17(16-8-5-9-22-12-16)18(11-21)20(23-14)25-13-19(24)15-6-3-2-4-7-15/h2-10,12H,13H2,1H3. The molecule has 5 heteroatoms. The largest absolute Gasteiger partial charge is 0.293 e. The molecule has 0 aliphatic heterocycles. The van der Waals surface area contributed by atoms with E-state index in [1.165, 1.54) is 11.8 Å². The fraction of sp³-hybridized carbons (Fsp3) is 0.100. The second-order valence-electron chi connectivity index (χ2n) is 5.42. The fourth-order valence-electron chi connectivity index (χ4n) is 2.45. The van der Waals surface area contributed by atoms with E-state index in [1.807, 2.05) is 43.3 Å². The lowest BCUT2D eigenvalue weighted by Gasteiger charge is -2.10. The molecule has 0 radical (unpaired) electrons. The Morgan fingerprint density at radius 2 is 2.00 bits per heavy atom. The normalized spacial score (nSPS) is 10.2. The molecule has 0 fully saturated rings. The molecule has 2 aromatic heterocycles. The number of rotatable bonds is 5. The van der Waals surface area contributed by atoms with E-state index in [0.717, 1.165) is 16.8 Å². The van der Waals surface area contributed by atoms with Gasteiger partial charge in [0.1, 0.15) is 11.1 Å². The van der Waals surface area contributed by atoms with Gasteiger partial charge in [0.2, 0.25) is 0 Å². The molecule has 0 amide bonds. The predicted octanol–water partition coefficient (Wildman–Crippen LogP) is 4.30. The van der Waals surface area contributed by atoms with Crippen molar-refractivity contribution >= 4 is 17.5 Å². The van der Waals surface area contributed by atoms with Gasteiger partial charge >= 0.3 is 0 Å². The van der Waals surface area contributed by atoms with E-state index in [4.69, 9.17) is 0 Å². The maximum atomic E-state index is 12.3. The molecule has 122 valence electrons. The van der Waals surface area contributed by atoms with E-state index in [2.05, 4.69) is 16.0 Å². The molecule has 3 rings (SSSR count). The highest BCUT2D eigenvalue weighted by Crippen LogP contribution is 2.30. The molecule has 0 spiro atoms. The molecule has 0 atom stereocenters. The van der Waals surface area contributed by atoms with Crippen LogP contribution >= 0.6 is 11.8 Å². The van der Waals surface area contributed by atoms with E-state index in [-0.39, 0.29) is 11.5 Å². The Labute approximate surface area is 150 Å². The number of ketones is 1. The number of nitrogens with zero attached hydrogens (tertiary/aromatic N) is 3. The maximum absolute atomic E-state index is 12.3. The van der Waals surface area contributed by atoms with Crippen molar-refractivity contribution in [1.82, 2.24) is 9.97 Å². The van der Waals surface area contributed by atoms with Crippen LogP contribution in [-0.2, 0) is 0 Å². The zero-order chi connectivity index (χ0) is 17.6. The second-order valence-corrected chi connectivity index (χ2v) is 6.39. The van der Waals surface area contributed by atoms with E-state index in [0.29, 0.717) is 16.2 Å². The van der Waals surface area contributed by atoms with Crippen LogP contribution in [0.15, 0.2) is 66.0 Å². The van der Waals surface area contributed by atoms with Gasteiger partial charge in [0.05, 0.1) is 11.3 Å². The number of nitriles is 1. The van der Waals surface area contributed by atoms with Crippen LogP contribution in [0, 0.1) is 18.3 Å². The molecule has 4 nitrogen and oxygen atoms in total. The van der Waals surface area contributed by atoms with Crippen molar-refractivity contribution in [3.8, 4) is 17.2 Å². The number of Topliss-reactive ketones (excluding diaryl/α,β-unsaturated/α-hetero) is 1. The average Bonchev–Trinajstić information content (AvgIpc) is 2.67. The van der Waals surface area contributed by atoms with Gasteiger partial charge in [-0.15, -0.1) is 0 Å². The van der Waals surface area contributed by atoms with Crippen molar-refractivity contribution in [1.29, 1.82) is 5.26 Å². The van der Waals surface area contributed by atoms with Crippen molar-refractivity contribution in [2.45, 2.75) is 11.9 Å². The zero-order valence-electron chi connectivity index (χ0n) is 13.6. The summed E-state index contributed by atoms with van der Waals surface area (Å²) in [7, 11) is 0. The molecule has 0 aliphatic carbocycles. The van der Waals surface area contributed by atoms with Crippen molar-refractivity contribution < 1.29 is 4.79 Å². The Morgan fingerprint density at radius 1 is 1.20 bits per heavy atom. The summed E-state index contributed by atoms with van der Waals surface area (Å²) in [4.78, 5) is 20.9. The van der Waals surface area contributed by atoms with Gasteiger partial charge in [0, 0.05) is 34.8 Å². The van der Waals surface area contributed by atoms with Crippen molar-refractivity contribution in [3.05, 3.63) is 77.7 Å². The van der Waals surface area contributed by atoms with Crippen LogP contribution in [0.2, 0.25) is 0 Å². The molecule has 25 heavy (non-hydrogen) atoms. The summed E-state index contributed by atoms with van der Waals surface area (Å²) in [6.07, 6.45) is 3.41. The van der Waals surface area contributed by atoms with Gasteiger partial charge in [-0.25, -0.2) is 4.98 Å². The topological polar surface area (TPSA) is 66.6 Å². The third-order valence-corrected chi connectivity index (χ3v) is 4.61. The van der Waals surface area contributed by atoms with Crippen LogP contribution in [0.1, 0.15) is 21.6 Å². The lowest BCUT2D eigenvalue weighted by Crippen LogP contribution is -2.03. The van der Waals surface area contributed by atoms with Gasteiger partial charge in [-0.3, -0.25) is 9.78 Å². The minimum Gasteiger partial charge on any atom is -0.293 e. The minimum absolute atomic E-state index is 0.0146. The molecule has 0 unspecified atom stereocenters. The Bertz CT molecular complexity index is 934. The summed E-state index contributed by atoms with van der Waals surface area (Å²) in [5, 5.41) is 10.2. The lowest BCUT2D eigenvalue weighted by atomic mass is 10.0. The Kier molecular flexibility index (Phi) is 5.22. The molecule has 0 bridgehead atoms. The molecule has 2 heterocycles. The van der Waals surface area contributed by atoms with Gasteiger partial charge in [-0.2, -0.15) is 5.26 Å². The molecular formula is C20H15N3OS. The molecule has 1 aromatic carbocycles. The Balaban J connectivity index is 1.90. The van der Waals surface area contributed by atoms with Gasteiger partial charge < -0.3 is 0 Å². The number of hydrogen-bond acceptors (Lipinski definition) is 5. The monoisotopic (exact) mass is 345 g/mol. The first-order valence-electron chi connectivity index (χ1n) is 7.72. The van der Waals surface area contributed by atoms with Gasteiger partial charge in [-0.05, 0) is 19.1 Å². The van der Waals surface area contributed by atoms with E-state index >= 15 is 0 Å². The highest BCUT2D eigenvalue weighted by molar-refractivity contribution is 8.00. The summed E-state index contributed by atoms with van der Waals surface area (Å²) in [6, 6.07) is 17.0. The number of pyridine rings is 2. The molecule has 3 aromatic rings. The number of carbonyl (C=O) groups excluding carboxylic acids is 1. The Hall–Kier alpha value is -2.97. The molecule has 0 aliphatic rings. The third kappa shape index (κ3) is 3.93. The summed E-state index contributed by atoms with van der Waals surface area (Å²) >= 11 is 1.29. The van der Waals surface area contributed by atoms with E-state index < -0.39 is 0 Å². The van der Waals surface area contributed by atoms with Crippen LogP contribution in [0.4, 0.5) is 0 Å². The molecule has 0 saturated carbocycles. The summed E-state index contributed by atoms with van der Waals surface area (Å²) in [6.45, 7) is 1.88.